The topological polar surface area (TPSA) is 210 Å². The average molecular weight is 188 g/mol. The summed E-state index contributed by atoms with van der Waals surface area (Å²) in [6.45, 7) is 0. The molecular formula is C3H9BN6O3. The lowest BCUT2D eigenvalue weighted by Crippen LogP contribution is -2.07. The molecule has 0 bridgehead atoms. The fraction of sp³-hybridized carbons (Fsp3) is 0. The molecule has 0 saturated heterocycles. The van der Waals surface area contributed by atoms with Gasteiger partial charge in [0.1, 0.15) is 0 Å². The van der Waals surface area contributed by atoms with Gasteiger partial charge in [-0.2, -0.15) is 15.8 Å². The van der Waals surface area contributed by atoms with E-state index in [1.807, 2.05) is 0 Å². The Hall–Kier alpha value is -2.19. The molecule has 0 fully saturated rings. The van der Waals surface area contributed by atoms with Crippen LogP contribution in [-0.2, 0) is 0 Å². The molecule has 72 valence electrons. The largest absolute Gasteiger partial charge is 0.631 e. The average Bonchev–Trinajstić information content (AvgIpc) is 1.88. The first-order valence-electron chi connectivity index (χ1n) is 2.31. The van der Waals surface area contributed by atoms with Crippen molar-refractivity contribution in [1.29, 1.82) is 15.8 Å². The van der Waals surface area contributed by atoms with Crippen LogP contribution in [0.1, 0.15) is 0 Å². The van der Waals surface area contributed by atoms with Gasteiger partial charge in [0, 0.05) is 0 Å². The zero-order chi connectivity index (χ0) is 11.7. The van der Waals surface area contributed by atoms with Crippen molar-refractivity contribution in [3.63, 3.8) is 0 Å². The van der Waals surface area contributed by atoms with Crippen LogP contribution in [0, 0.1) is 34.4 Å². The Bertz CT molecular complexity index is 146. The van der Waals surface area contributed by atoms with Crippen LogP contribution in [0.25, 0.3) is 0 Å². The number of hydrogen-bond acceptors (Lipinski definition) is 9. The monoisotopic (exact) mass is 188 g/mol. The second-order valence-electron chi connectivity index (χ2n) is 0.734. The maximum absolute atomic E-state index is 7.17. The molecule has 0 atom stereocenters. The van der Waals surface area contributed by atoms with Crippen molar-refractivity contribution in [3.8, 4) is 18.6 Å². The SMILES string of the molecule is N#CN.N#CN.N#CN.OB(O)O. The van der Waals surface area contributed by atoms with Crippen LogP contribution in [0.5, 0.6) is 0 Å². The smallest absolute Gasteiger partial charge is 0.402 e. The van der Waals surface area contributed by atoms with E-state index in [4.69, 9.17) is 30.9 Å². The van der Waals surface area contributed by atoms with E-state index < -0.39 is 7.32 Å². The van der Waals surface area contributed by atoms with Crippen molar-refractivity contribution in [3.05, 3.63) is 0 Å². The molecule has 0 spiro atoms. The van der Waals surface area contributed by atoms with Crippen molar-refractivity contribution in [2.45, 2.75) is 0 Å². The molecule has 13 heavy (non-hydrogen) atoms. The van der Waals surface area contributed by atoms with Crippen molar-refractivity contribution in [1.82, 2.24) is 0 Å². The third kappa shape index (κ3) is 126. The minimum atomic E-state index is -2.17. The van der Waals surface area contributed by atoms with E-state index in [0.29, 0.717) is 0 Å². The fourth-order valence-electron chi connectivity index (χ4n) is 0. The van der Waals surface area contributed by atoms with E-state index in [-0.39, 0.29) is 0 Å². The molecule has 0 aromatic rings. The summed E-state index contributed by atoms with van der Waals surface area (Å²) in [5.74, 6) is 0. The Morgan fingerprint density at radius 2 is 0.769 bits per heavy atom. The van der Waals surface area contributed by atoms with Gasteiger partial charge in [0.25, 0.3) is 0 Å². The van der Waals surface area contributed by atoms with Crippen molar-refractivity contribution in [2.75, 3.05) is 0 Å². The highest BCUT2D eigenvalue weighted by Gasteiger charge is 1.92. The lowest BCUT2D eigenvalue weighted by atomic mass is 10.3. The highest BCUT2D eigenvalue weighted by atomic mass is 16.5. The second-order valence-corrected chi connectivity index (χ2v) is 0.734. The third-order valence-electron chi connectivity index (χ3n) is 0. The second kappa shape index (κ2) is 52.4. The summed E-state index contributed by atoms with van der Waals surface area (Å²) >= 11 is 0. The number of nitrogens with two attached hydrogens (primary N) is 3. The highest BCUT2D eigenvalue weighted by Crippen LogP contribution is 1.40. The molecule has 10 heteroatoms. The standard InChI is InChI=1S/3CH2N2.BH3O3/c3*2-1-3;2-1(3)4/h3*2H2;2-4H. The molecule has 9 N–H and O–H groups in total. The summed E-state index contributed by atoms with van der Waals surface area (Å²) in [5.41, 5.74) is 12.5. The van der Waals surface area contributed by atoms with Crippen LogP contribution >= 0.6 is 0 Å². The Morgan fingerprint density at radius 1 is 0.769 bits per heavy atom. The highest BCUT2D eigenvalue weighted by molar-refractivity contribution is 6.30. The van der Waals surface area contributed by atoms with Crippen LogP contribution in [0.15, 0.2) is 0 Å². The normalized spacial score (nSPS) is 3.69. The molecule has 9 nitrogen and oxygen atoms in total. The summed E-state index contributed by atoms with van der Waals surface area (Å²) in [6, 6.07) is 0. The summed E-state index contributed by atoms with van der Waals surface area (Å²) in [4.78, 5) is 0. The number of nitriles is 3. The first-order valence-corrected chi connectivity index (χ1v) is 2.31. The van der Waals surface area contributed by atoms with Gasteiger partial charge in [-0.3, -0.25) is 0 Å². The summed E-state index contributed by atoms with van der Waals surface area (Å²) in [6.07, 6.45) is 3.75. The minimum absolute atomic E-state index is 1.25. The molecule has 0 rings (SSSR count). The third-order valence-corrected chi connectivity index (χ3v) is 0. The molecular weight excluding hydrogens is 179 g/mol. The van der Waals surface area contributed by atoms with Gasteiger partial charge >= 0.3 is 7.32 Å². The van der Waals surface area contributed by atoms with Crippen LogP contribution < -0.4 is 17.2 Å². The van der Waals surface area contributed by atoms with Gasteiger partial charge in [0.05, 0.1) is 0 Å². The first kappa shape index (κ1) is 22.4. The van der Waals surface area contributed by atoms with Crippen LogP contribution in [0.2, 0.25) is 0 Å². The first-order chi connectivity index (χ1) is 5.97. The zero-order valence-corrected chi connectivity index (χ0v) is 6.49. The van der Waals surface area contributed by atoms with Gasteiger partial charge in [-0.25, -0.2) is 0 Å². The van der Waals surface area contributed by atoms with Crippen molar-refractivity contribution in [2.24, 2.45) is 17.2 Å². The van der Waals surface area contributed by atoms with Gasteiger partial charge in [-0.05, 0) is 0 Å². The van der Waals surface area contributed by atoms with Gasteiger partial charge in [-0.15, -0.1) is 0 Å². The molecule has 0 heterocycles. The maximum Gasteiger partial charge on any atom is 0.631 e. The lowest BCUT2D eigenvalue weighted by molar-refractivity contribution is 0.278. The van der Waals surface area contributed by atoms with Crippen LogP contribution in [0.3, 0.4) is 0 Å². The van der Waals surface area contributed by atoms with E-state index in [0.717, 1.165) is 0 Å². The van der Waals surface area contributed by atoms with E-state index in [1.165, 1.54) is 18.6 Å². The molecule has 0 radical (unpaired) electrons. The Labute approximate surface area is 75.0 Å². The van der Waals surface area contributed by atoms with Crippen LogP contribution in [-0.4, -0.2) is 22.4 Å². The predicted octanol–water partition coefficient (Wildman–Crippen LogP) is -3.77. The Morgan fingerprint density at radius 3 is 0.769 bits per heavy atom. The van der Waals surface area contributed by atoms with Gasteiger partial charge in [-0.1, -0.05) is 0 Å². The zero-order valence-electron chi connectivity index (χ0n) is 6.49. The molecule has 0 aliphatic rings. The van der Waals surface area contributed by atoms with E-state index >= 15 is 0 Å². The Balaban J connectivity index is -0.0000000420. The van der Waals surface area contributed by atoms with E-state index in [9.17, 15) is 0 Å². The summed E-state index contributed by atoms with van der Waals surface area (Å²) < 4.78 is 0. The minimum Gasteiger partial charge on any atom is -0.402 e. The predicted molar refractivity (Wildman–Crippen MR) is 41.8 cm³/mol. The van der Waals surface area contributed by atoms with Crippen molar-refractivity contribution < 1.29 is 15.1 Å². The molecule has 0 aromatic carbocycles. The molecule has 0 unspecified atom stereocenters. The number of rotatable bonds is 0. The number of nitrogens with zero attached hydrogens (tertiary/aromatic N) is 3. The quantitative estimate of drug-likeness (QED) is 0.125. The van der Waals surface area contributed by atoms with Gasteiger partial charge < -0.3 is 32.3 Å². The Kier molecular flexibility index (Phi) is 90.4. The maximum atomic E-state index is 7.17. The molecule has 0 saturated carbocycles. The van der Waals surface area contributed by atoms with Crippen LogP contribution in [0.4, 0.5) is 0 Å². The molecule has 0 aliphatic heterocycles. The van der Waals surface area contributed by atoms with E-state index in [2.05, 4.69) is 17.2 Å². The van der Waals surface area contributed by atoms with Gasteiger partial charge in [0.15, 0.2) is 18.6 Å². The summed E-state index contributed by atoms with van der Waals surface area (Å²) in [7, 11) is -2.17. The fourth-order valence-corrected chi connectivity index (χ4v) is 0. The van der Waals surface area contributed by atoms with E-state index in [1.54, 1.807) is 0 Å². The molecule has 0 aliphatic carbocycles. The molecule has 0 amide bonds. The van der Waals surface area contributed by atoms with Crippen molar-refractivity contribution >= 4 is 7.32 Å². The number of hydrogen-bond donors (Lipinski definition) is 6. The molecule has 0 aromatic heterocycles. The lowest BCUT2D eigenvalue weighted by Gasteiger charge is -1.69. The van der Waals surface area contributed by atoms with Gasteiger partial charge in [0.2, 0.25) is 0 Å². The summed E-state index contributed by atoms with van der Waals surface area (Å²) in [5, 5.41) is 42.8.